The summed E-state index contributed by atoms with van der Waals surface area (Å²) in [5.74, 6) is 0. The number of fused-ring (bicyclic) bond motifs is 1. The molecule has 0 saturated carbocycles. The molecule has 0 heterocycles. The van der Waals surface area contributed by atoms with Gasteiger partial charge < -0.3 is 4.90 Å². The smallest absolute Gasteiger partial charge is 0.0469 e. The first kappa shape index (κ1) is 21.2. The Hall–Kier alpha value is -2.51. The van der Waals surface area contributed by atoms with Gasteiger partial charge in [0.2, 0.25) is 0 Å². The average molecular weight is 404 g/mol. The van der Waals surface area contributed by atoms with E-state index < -0.39 is 0 Å². The molecule has 0 spiro atoms. The van der Waals surface area contributed by atoms with Crippen LogP contribution in [-0.2, 0) is 0 Å². The van der Waals surface area contributed by atoms with E-state index in [1.165, 1.54) is 38.9 Å². The van der Waals surface area contributed by atoms with Crippen LogP contribution in [-0.4, -0.2) is 7.05 Å². The molecule has 2 aromatic carbocycles. The fourth-order valence-electron chi connectivity index (χ4n) is 3.75. The van der Waals surface area contributed by atoms with Crippen LogP contribution in [0.15, 0.2) is 94.7 Å². The van der Waals surface area contributed by atoms with Crippen LogP contribution in [0.2, 0.25) is 0 Å². The highest BCUT2D eigenvalue weighted by Gasteiger charge is 2.14. The molecule has 29 heavy (non-hydrogen) atoms. The maximum absolute atomic E-state index is 6.69. The molecule has 150 valence electrons. The van der Waals surface area contributed by atoms with Crippen molar-refractivity contribution in [3.63, 3.8) is 0 Å². The standard InChI is InChI=1S/C27H30ClN/c1-19(2)13-15-23-10-8-11-24(27(23)28)16-14-20(3)29(5)26-18-17-22-9-6-7-12-25(22)21(26)4/h6-7,9,12-18H,1,8,10-11H2,2-5H3/b15-13+,20-14+,24-16+. The van der Waals surface area contributed by atoms with Crippen LogP contribution in [0.5, 0.6) is 0 Å². The SMILES string of the molecule is C=C(C)/C=C/C1=C(Cl)C(=C/C=C(\C)N(C)c2ccc3ccccc3c2C)/CCC1. The quantitative estimate of drug-likeness (QED) is 0.454. The third-order valence-electron chi connectivity index (χ3n) is 5.61. The third-order valence-corrected chi connectivity index (χ3v) is 6.10. The Morgan fingerprint density at radius 1 is 1.10 bits per heavy atom. The van der Waals surface area contributed by atoms with Crippen molar-refractivity contribution in [2.24, 2.45) is 0 Å². The van der Waals surface area contributed by atoms with Gasteiger partial charge in [-0.1, -0.05) is 72.3 Å². The molecule has 1 aliphatic carbocycles. The average Bonchev–Trinajstić information content (AvgIpc) is 2.71. The van der Waals surface area contributed by atoms with Crippen LogP contribution >= 0.6 is 11.6 Å². The fraction of sp³-hybridized carbons (Fsp3) is 0.259. The van der Waals surface area contributed by atoms with Gasteiger partial charge >= 0.3 is 0 Å². The van der Waals surface area contributed by atoms with Crippen LogP contribution in [0.3, 0.4) is 0 Å². The maximum atomic E-state index is 6.69. The monoisotopic (exact) mass is 403 g/mol. The first-order valence-corrected chi connectivity index (χ1v) is 10.6. The van der Waals surface area contributed by atoms with Gasteiger partial charge in [-0.05, 0) is 79.7 Å². The van der Waals surface area contributed by atoms with Gasteiger partial charge in [0.05, 0.1) is 0 Å². The Kier molecular flexibility index (Phi) is 6.82. The molecule has 0 atom stereocenters. The summed E-state index contributed by atoms with van der Waals surface area (Å²) in [5.41, 5.74) is 7.17. The molecule has 2 aromatic rings. The van der Waals surface area contributed by atoms with Crippen molar-refractivity contribution in [3.8, 4) is 0 Å². The number of allylic oxidation sites excluding steroid dienone is 9. The molecule has 0 aliphatic heterocycles. The van der Waals surface area contributed by atoms with Gasteiger partial charge in [0, 0.05) is 23.5 Å². The lowest BCUT2D eigenvalue weighted by atomic mass is 9.94. The molecule has 0 amide bonds. The number of aryl methyl sites for hydroxylation is 1. The summed E-state index contributed by atoms with van der Waals surface area (Å²) >= 11 is 6.69. The largest absolute Gasteiger partial charge is 0.348 e. The molecule has 0 bridgehead atoms. The Labute approximate surface area is 180 Å². The van der Waals surface area contributed by atoms with E-state index in [0.717, 1.165) is 29.9 Å². The van der Waals surface area contributed by atoms with Crippen LogP contribution < -0.4 is 4.90 Å². The predicted molar refractivity (Wildman–Crippen MR) is 130 cm³/mol. The molecule has 0 saturated heterocycles. The second-order valence-electron chi connectivity index (χ2n) is 7.86. The number of hydrogen-bond acceptors (Lipinski definition) is 1. The minimum absolute atomic E-state index is 0.891. The lowest BCUT2D eigenvalue weighted by Crippen LogP contribution is -2.15. The lowest BCUT2D eigenvalue weighted by Gasteiger charge is -2.23. The van der Waals surface area contributed by atoms with E-state index in [1.807, 2.05) is 13.0 Å². The van der Waals surface area contributed by atoms with E-state index in [2.05, 4.69) is 87.0 Å². The van der Waals surface area contributed by atoms with Crippen molar-refractivity contribution in [2.75, 3.05) is 11.9 Å². The molecule has 1 aliphatic rings. The summed E-state index contributed by atoms with van der Waals surface area (Å²) in [4.78, 5) is 2.25. The van der Waals surface area contributed by atoms with Crippen molar-refractivity contribution in [3.05, 3.63) is 100 Å². The number of anilines is 1. The highest BCUT2D eigenvalue weighted by Crippen LogP contribution is 2.34. The molecular formula is C27H30ClN. The Morgan fingerprint density at radius 2 is 1.86 bits per heavy atom. The van der Waals surface area contributed by atoms with Gasteiger partial charge in [-0.25, -0.2) is 0 Å². The number of nitrogens with zero attached hydrogens (tertiary/aromatic N) is 1. The number of benzene rings is 2. The van der Waals surface area contributed by atoms with Gasteiger partial charge in [-0.3, -0.25) is 0 Å². The third kappa shape index (κ3) is 4.92. The molecule has 1 nitrogen and oxygen atoms in total. The van der Waals surface area contributed by atoms with Crippen LogP contribution in [0, 0.1) is 6.92 Å². The van der Waals surface area contributed by atoms with Crippen LogP contribution in [0.1, 0.15) is 38.7 Å². The normalized spacial score (nSPS) is 16.9. The molecule has 0 N–H and O–H groups in total. The Morgan fingerprint density at radius 3 is 2.62 bits per heavy atom. The molecule has 0 unspecified atom stereocenters. The van der Waals surface area contributed by atoms with Gasteiger partial charge in [-0.15, -0.1) is 0 Å². The summed E-state index contributed by atoms with van der Waals surface area (Å²) in [6.45, 7) is 10.3. The van der Waals surface area contributed by atoms with Gasteiger partial charge in [0.1, 0.15) is 0 Å². The van der Waals surface area contributed by atoms with E-state index in [9.17, 15) is 0 Å². The first-order chi connectivity index (χ1) is 13.9. The summed E-state index contributed by atoms with van der Waals surface area (Å²) in [5, 5.41) is 3.47. The van der Waals surface area contributed by atoms with E-state index in [0.29, 0.717) is 0 Å². The second kappa shape index (κ2) is 9.33. The molecule has 2 heteroatoms. The van der Waals surface area contributed by atoms with E-state index in [4.69, 9.17) is 11.6 Å². The molecular weight excluding hydrogens is 374 g/mol. The minimum atomic E-state index is 0.891. The molecule has 0 fully saturated rings. The fourth-order valence-corrected chi connectivity index (χ4v) is 4.07. The van der Waals surface area contributed by atoms with Crippen LogP contribution in [0.4, 0.5) is 5.69 Å². The summed E-state index contributed by atoms with van der Waals surface area (Å²) in [6.07, 6.45) is 11.7. The minimum Gasteiger partial charge on any atom is -0.348 e. The van der Waals surface area contributed by atoms with Gasteiger partial charge in [0.25, 0.3) is 0 Å². The summed E-state index contributed by atoms with van der Waals surface area (Å²) in [7, 11) is 2.13. The van der Waals surface area contributed by atoms with Crippen molar-refractivity contribution >= 4 is 28.1 Å². The highest BCUT2D eigenvalue weighted by molar-refractivity contribution is 6.32. The van der Waals surface area contributed by atoms with E-state index in [-0.39, 0.29) is 0 Å². The molecule has 0 radical (unpaired) electrons. The highest BCUT2D eigenvalue weighted by atomic mass is 35.5. The zero-order chi connectivity index (χ0) is 21.0. The van der Waals surface area contributed by atoms with E-state index >= 15 is 0 Å². The van der Waals surface area contributed by atoms with Gasteiger partial charge in [-0.2, -0.15) is 0 Å². The second-order valence-corrected chi connectivity index (χ2v) is 8.24. The van der Waals surface area contributed by atoms with E-state index in [1.54, 1.807) is 0 Å². The topological polar surface area (TPSA) is 3.24 Å². The van der Waals surface area contributed by atoms with Gasteiger partial charge in [0.15, 0.2) is 0 Å². The first-order valence-electron chi connectivity index (χ1n) is 10.2. The Bertz CT molecular complexity index is 1050. The zero-order valence-electron chi connectivity index (χ0n) is 17.9. The summed E-state index contributed by atoms with van der Waals surface area (Å²) < 4.78 is 0. The predicted octanol–water partition coefficient (Wildman–Crippen LogP) is 8.22. The summed E-state index contributed by atoms with van der Waals surface area (Å²) in [6, 6.07) is 12.9. The number of rotatable bonds is 5. The van der Waals surface area contributed by atoms with Crippen LogP contribution in [0.25, 0.3) is 10.8 Å². The zero-order valence-corrected chi connectivity index (χ0v) is 18.7. The maximum Gasteiger partial charge on any atom is 0.0469 e. The lowest BCUT2D eigenvalue weighted by molar-refractivity contribution is 0.791. The van der Waals surface area contributed by atoms with Crippen molar-refractivity contribution in [1.82, 2.24) is 0 Å². The molecule has 0 aromatic heterocycles. The van der Waals surface area contributed by atoms with Crippen molar-refractivity contribution < 1.29 is 0 Å². The van der Waals surface area contributed by atoms with Crippen molar-refractivity contribution in [1.29, 1.82) is 0 Å². The number of halogens is 1. The molecule has 3 rings (SSSR count). The van der Waals surface area contributed by atoms with Crippen molar-refractivity contribution in [2.45, 2.75) is 40.0 Å². The Balaban J connectivity index is 1.88. The number of hydrogen-bond donors (Lipinski definition) is 0.